The van der Waals surface area contributed by atoms with E-state index in [4.69, 9.17) is 21.1 Å². The van der Waals surface area contributed by atoms with E-state index in [0.29, 0.717) is 26.0 Å². The summed E-state index contributed by atoms with van der Waals surface area (Å²) in [7, 11) is 1.72. The molecule has 0 unspecified atom stereocenters. The number of carbonyl (C=O) groups excluding carboxylic acids is 1. The summed E-state index contributed by atoms with van der Waals surface area (Å²) < 4.78 is 11.3. The molecule has 1 amide bonds. The second-order valence-electron chi connectivity index (χ2n) is 5.93. The van der Waals surface area contributed by atoms with Gasteiger partial charge in [-0.25, -0.2) is 0 Å². The number of rotatable bonds is 4. The zero-order valence-corrected chi connectivity index (χ0v) is 13.6. The molecule has 2 aliphatic rings. The molecule has 0 bridgehead atoms. The minimum absolute atomic E-state index is 0.0306. The normalized spacial score (nSPS) is 27.7. The third kappa shape index (κ3) is 3.14. The minimum Gasteiger partial charge on any atom is -0.379 e. The number of ether oxygens (including phenoxy) is 2. The van der Waals surface area contributed by atoms with Gasteiger partial charge in [-0.15, -0.1) is 0 Å². The molecule has 1 saturated heterocycles. The van der Waals surface area contributed by atoms with Crippen LogP contribution < -0.4 is 0 Å². The summed E-state index contributed by atoms with van der Waals surface area (Å²) in [5.74, 6) is 0.190. The monoisotopic (exact) mass is 323 g/mol. The fraction of sp³-hybridized carbons (Fsp3) is 0.588. The molecule has 120 valence electrons. The quantitative estimate of drug-likeness (QED) is 0.855. The Morgan fingerprint density at radius 1 is 1.41 bits per heavy atom. The van der Waals surface area contributed by atoms with E-state index in [1.165, 1.54) is 0 Å². The zero-order valence-electron chi connectivity index (χ0n) is 12.8. The molecule has 22 heavy (non-hydrogen) atoms. The van der Waals surface area contributed by atoms with Gasteiger partial charge < -0.3 is 14.4 Å². The second-order valence-corrected chi connectivity index (χ2v) is 6.34. The third-order valence-electron chi connectivity index (χ3n) is 4.72. The van der Waals surface area contributed by atoms with Crippen LogP contribution in [0.1, 0.15) is 24.8 Å². The van der Waals surface area contributed by atoms with Crippen LogP contribution in [0.25, 0.3) is 0 Å². The lowest BCUT2D eigenvalue weighted by molar-refractivity contribution is -0.149. The van der Waals surface area contributed by atoms with Crippen LogP contribution in [0.3, 0.4) is 0 Å². The van der Waals surface area contributed by atoms with E-state index in [1.54, 1.807) is 7.11 Å². The Morgan fingerprint density at radius 2 is 2.23 bits per heavy atom. The Labute approximate surface area is 136 Å². The topological polar surface area (TPSA) is 38.8 Å². The summed E-state index contributed by atoms with van der Waals surface area (Å²) in [4.78, 5) is 14.6. The van der Waals surface area contributed by atoms with E-state index in [9.17, 15) is 4.79 Å². The second kappa shape index (κ2) is 6.99. The number of benzene rings is 1. The van der Waals surface area contributed by atoms with E-state index in [2.05, 4.69) is 0 Å². The van der Waals surface area contributed by atoms with Crippen molar-refractivity contribution in [2.45, 2.75) is 43.9 Å². The fourth-order valence-corrected chi connectivity index (χ4v) is 3.79. The summed E-state index contributed by atoms with van der Waals surface area (Å²) in [6, 6.07) is 7.87. The van der Waals surface area contributed by atoms with Gasteiger partial charge in [0.1, 0.15) is 6.10 Å². The van der Waals surface area contributed by atoms with E-state index in [-0.39, 0.29) is 24.2 Å². The molecule has 1 aromatic rings. The first-order chi connectivity index (χ1) is 10.7. The summed E-state index contributed by atoms with van der Waals surface area (Å²) in [5.41, 5.74) is 1.03. The first-order valence-electron chi connectivity index (χ1n) is 7.88. The molecule has 1 aliphatic heterocycles. The molecule has 3 rings (SSSR count). The Bertz CT molecular complexity index is 536. The number of methoxy groups -OCH3 is 1. The summed E-state index contributed by atoms with van der Waals surface area (Å²) in [6.45, 7) is 1.28. The molecule has 1 aliphatic carbocycles. The number of fused-ring (bicyclic) bond motifs is 1. The van der Waals surface area contributed by atoms with Crippen LogP contribution in [0.4, 0.5) is 0 Å². The van der Waals surface area contributed by atoms with E-state index in [1.807, 2.05) is 29.2 Å². The molecule has 2 fully saturated rings. The number of aryl methyl sites for hydroxylation is 1. The standard InChI is InChI=1S/C17H22ClNO3/c1-21-15-8-7-14-17(15)22-11-10-19(14)16(20)9-6-12-4-2-3-5-13(12)18/h2-5,14-15,17H,6-11H2,1H3/t14-,15-,17+/m1/s1. The van der Waals surface area contributed by atoms with Gasteiger partial charge in [0.25, 0.3) is 0 Å². The molecule has 0 aromatic heterocycles. The van der Waals surface area contributed by atoms with Gasteiger partial charge in [-0.3, -0.25) is 4.79 Å². The van der Waals surface area contributed by atoms with E-state index < -0.39 is 0 Å². The number of hydrogen-bond acceptors (Lipinski definition) is 3. The minimum atomic E-state index is 0.0306. The first kappa shape index (κ1) is 15.8. The predicted octanol–water partition coefficient (Wildman–Crippen LogP) is 2.68. The lowest BCUT2D eigenvalue weighted by Crippen LogP contribution is -2.53. The van der Waals surface area contributed by atoms with Crippen molar-refractivity contribution in [3.63, 3.8) is 0 Å². The molecule has 0 spiro atoms. The molecule has 0 N–H and O–H groups in total. The zero-order chi connectivity index (χ0) is 15.5. The molecule has 4 nitrogen and oxygen atoms in total. The van der Waals surface area contributed by atoms with E-state index in [0.717, 1.165) is 23.4 Å². The summed E-state index contributed by atoms with van der Waals surface area (Å²) in [6.07, 6.45) is 3.24. The van der Waals surface area contributed by atoms with Crippen LogP contribution in [-0.4, -0.2) is 49.3 Å². The largest absolute Gasteiger partial charge is 0.379 e. The Balaban J connectivity index is 1.61. The van der Waals surface area contributed by atoms with Gasteiger partial charge in [0.15, 0.2) is 0 Å². The summed E-state index contributed by atoms with van der Waals surface area (Å²) in [5, 5.41) is 0.732. The van der Waals surface area contributed by atoms with Crippen LogP contribution in [0.2, 0.25) is 5.02 Å². The highest BCUT2D eigenvalue weighted by Crippen LogP contribution is 2.32. The van der Waals surface area contributed by atoms with Gasteiger partial charge in [-0.1, -0.05) is 29.8 Å². The van der Waals surface area contributed by atoms with Crippen LogP contribution in [0.5, 0.6) is 0 Å². The van der Waals surface area contributed by atoms with Crippen molar-refractivity contribution in [2.24, 2.45) is 0 Å². The van der Waals surface area contributed by atoms with Gasteiger partial charge in [0, 0.05) is 25.1 Å². The fourth-order valence-electron chi connectivity index (χ4n) is 3.56. The highest BCUT2D eigenvalue weighted by Gasteiger charge is 2.44. The van der Waals surface area contributed by atoms with Crippen molar-refractivity contribution in [3.8, 4) is 0 Å². The molecule has 5 heteroatoms. The smallest absolute Gasteiger partial charge is 0.223 e. The van der Waals surface area contributed by atoms with E-state index >= 15 is 0 Å². The molecule has 1 heterocycles. The van der Waals surface area contributed by atoms with Gasteiger partial charge in [0.05, 0.1) is 18.8 Å². The van der Waals surface area contributed by atoms with Crippen molar-refractivity contribution in [1.29, 1.82) is 0 Å². The highest BCUT2D eigenvalue weighted by atomic mass is 35.5. The lowest BCUT2D eigenvalue weighted by Gasteiger charge is -2.39. The number of halogens is 1. The highest BCUT2D eigenvalue weighted by molar-refractivity contribution is 6.31. The third-order valence-corrected chi connectivity index (χ3v) is 5.09. The molecule has 3 atom stereocenters. The number of amides is 1. The van der Waals surface area contributed by atoms with Crippen molar-refractivity contribution >= 4 is 17.5 Å². The van der Waals surface area contributed by atoms with Crippen LogP contribution in [0.15, 0.2) is 24.3 Å². The van der Waals surface area contributed by atoms with Crippen LogP contribution in [0, 0.1) is 0 Å². The number of carbonyl (C=O) groups is 1. The van der Waals surface area contributed by atoms with Gasteiger partial charge >= 0.3 is 0 Å². The first-order valence-corrected chi connectivity index (χ1v) is 8.26. The van der Waals surface area contributed by atoms with Gasteiger partial charge in [-0.05, 0) is 30.9 Å². The SMILES string of the molecule is CO[C@@H]1CC[C@@H]2[C@@H]1OCCN2C(=O)CCc1ccccc1Cl. The number of hydrogen-bond donors (Lipinski definition) is 0. The summed E-state index contributed by atoms with van der Waals surface area (Å²) >= 11 is 6.16. The van der Waals surface area contributed by atoms with Gasteiger partial charge in [0.2, 0.25) is 5.91 Å². The molecular formula is C17H22ClNO3. The van der Waals surface area contributed by atoms with Crippen LogP contribution in [-0.2, 0) is 20.7 Å². The Morgan fingerprint density at radius 3 is 3.00 bits per heavy atom. The Hall–Kier alpha value is -1.10. The van der Waals surface area contributed by atoms with Crippen molar-refractivity contribution in [2.75, 3.05) is 20.3 Å². The Kier molecular flexibility index (Phi) is 5.01. The lowest BCUT2D eigenvalue weighted by atomic mass is 10.1. The van der Waals surface area contributed by atoms with Crippen molar-refractivity contribution in [1.82, 2.24) is 4.90 Å². The molecule has 1 aromatic carbocycles. The molecule has 0 radical (unpaired) electrons. The molecule has 1 saturated carbocycles. The number of morpholine rings is 1. The average Bonchev–Trinajstić information content (AvgIpc) is 2.97. The molecular weight excluding hydrogens is 302 g/mol. The van der Waals surface area contributed by atoms with Crippen molar-refractivity contribution in [3.05, 3.63) is 34.9 Å². The van der Waals surface area contributed by atoms with Crippen LogP contribution >= 0.6 is 11.6 Å². The maximum absolute atomic E-state index is 12.6. The predicted molar refractivity (Wildman–Crippen MR) is 85.0 cm³/mol. The number of nitrogens with zero attached hydrogens (tertiary/aromatic N) is 1. The van der Waals surface area contributed by atoms with Gasteiger partial charge in [-0.2, -0.15) is 0 Å². The van der Waals surface area contributed by atoms with Crippen molar-refractivity contribution < 1.29 is 14.3 Å². The maximum atomic E-state index is 12.6. The maximum Gasteiger partial charge on any atom is 0.223 e. The average molecular weight is 324 g/mol.